The van der Waals surface area contributed by atoms with Crippen molar-refractivity contribution in [3.05, 3.63) is 77.9 Å². The van der Waals surface area contributed by atoms with Crippen LogP contribution in [-0.4, -0.2) is 5.91 Å². The number of fused-ring (bicyclic) bond motifs is 1. The highest BCUT2D eigenvalue weighted by Crippen LogP contribution is 2.20. The molecule has 3 N–H and O–H groups in total. The molecule has 0 radical (unpaired) electrons. The molecule has 0 spiro atoms. The van der Waals surface area contributed by atoms with E-state index in [4.69, 9.17) is 5.73 Å². The van der Waals surface area contributed by atoms with Crippen LogP contribution in [0, 0.1) is 0 Å². The van der Waals surface area contributed by atoms with E-state index in [1.807, 2.05) is 60.7 Å². The van der Waals surface area contributed by atoms with Gasteiger partial charge in [-0.15, -0.1) is 0 Å². The van der Waals surface area contributed by atoms with Crippen LogP contribution < -0.4 is 11.1 Å². The van der Waals surface area contributed by atoms with E-state index in [0.29, 0.717) is 12.1 Å². The zero-order valence-electron chi connectivity index (χ0n) is 11.5. The lowest BCUT2D eigenvalue weighted by molar-refractivity contribution is 0.102. The van der Waals surface area contributed by atoms with Crippen LogP contribution in [0.5, 0.6) is 0 Å². The van der Waals surface area contributed by atoms with E-state index in [9.17, 15) is 4.79 Å². The summed E-state index contributed by atoms with van der Waals surface area (Å²) >= 11 is 0. The first-order valence-electron chi connectivity index (χ1n) is 6.86. The summed E-state index contributed by atoms with van der Waals surface area (Å²) in [5.41, 5.74) is 7.92. The van der Waals surface area contributed by atoms with Gasteiger partial charge in [0.15, 0.2) is 0 Å². The number of carbonyl (C=O) groups is 1. The monoisotopic (exact) mass is 276 g/mol. The topological polar surface area (TPSA) is 55.1 Å². The molecule has 3 heteroatoms. The Kier molecular flexibility index (Phi) is 3.67. The molecule has 0 saturated carbocycles. The maximum absolute atomic E-state index is 12.4. The Balaban J connectivity index is 1.89. The number of amides is 1. The summed E-state index contributed by atoms with van der Waals surface area (Å²) < 4.78 is 0. The van der Waals surface area contributed by atoms with E-state index in [1.165, 1.54) is 0 Å². The molecular weight excluding hydrogens is 260 g/mol. The molecule has 3 nitrogen and oxygen atoms in total. The molecule has 3 aromatic rings. The largest absolute Gasteiger partial charge is 0.326 e. The van der Waals surface area contributed by atoms with Gasteiger partial charge in [-0.05, 0) is 34.5 Å². The smallest absolute Gasteiger partial charge is 0.255 e. The van der Waals surface area contributed by atoms with Gasteiger partial charge in [-0.25, -0.2) is 0 Å². The van der Waals surface area contributed by atoms with Crippen LogP contribution in [-0.2, 0) is 6.54 Å². The number of rotatable bonds is 3. The molecule has 3 aromatic carbocycles. The predicted molar refractivity (Wildman–Crippen MR) is 86.2 cm³/mol. The third-order valence-electron chi connectivity index (χ3n) is 3.49. The number of hydrogen-bond donors (Lipinski definition) is 2. The van der Waals surface area contributed by atoms with Gasteiger partial charge in [0.25, 0.3) is 5.91 Å². The molecule has 0 aromatic heterocycles. The Morgan fingerprint density at radius 3 is 2.43 bits per heavy atom. The fraction of sp³-hybridized carbons (Fsp3) is 0.0556. The van der Waals surface area contributed by atoms with Crippen LogP contribution in [0.4, 0.5) is 5.69 Å². The highest BCUT2D eigenvalue weighted by atomic mass is 16.1. The van der Waals surface area contributed by atoms with Crippen molar-refractivity contribution in [2.45, 2.75) is 6.54 Å². The summed E-state index contributed by atoms with van der Waals surface area (Å²) in [5, 5.41) is 5.18. The van der Waals surface area contributed by atoms with Gasteiger partial charge in [-0.1, -0.05) is 48.5 Å². The van der Waals surface area contributed by atoms with Crippen LogP contribution in [0.2, 0.25) is 0 Å². The van der Waals surface area contributed by atoms with Crippen molar-refractivity contribution in [2.75, 3.05) is 5.32 Å². The quantitative estimate of drug-likeness (QED) is 0.768. The van der Waals surface area contributed by atoms with E-state index >= 15 is 0 Å². The van der Waals surface area contributed by atoms with Gasteiger partial charge in [-0.2, -0.15) is 0 Å². The van der Waals surface area contributed by atoms with Gasteiger partial charge in [0.2, 0.25) is 0 Å². The van der Waals surface area contributed by atoms with Gasteiger partial charge >= 0.3 is 0 Å². The highest BCUT2D eigenvalue weighted by molar-refractivity contribution is 6.06. The molecule has 0 saturated heterocycles. The van der Waals surface area contributed by atoms with Crippen molar-refractivity contribution in [1.82, 2.24) is 0 Å². The molecule has 0 aliphatic carbocycles. The molecule has 0 bridgehead atoms. The normalized spacial score (nSPS) is 10.5. The first kappa shape index (κ1) is 13.3. The summed E-state index contributed by atoms with van der Waals surface area (Å²) in [4.78, 5) is 12.4. The summed E-state index contributed by atoms with van der Waals surface area (Å²) in [7, 11) is 0. The van der Waals surface area contributed by atoms with Crippen molar-refractivity contribution >= 4 is 22.4 Å². The van der Waals surface area contributed by atoms with Crippen LogP contribution in [0.25, 0.3) is 10.8 Å². The molecule has 3 rings (SSSR count). The minimum Gasteiger partial charge on any atom is -0.326 e. The minimum absolute atomic E-state index is 0.133. The van der Waals surface area contributed by atoms with Gasteiger partial charge in [0.1, 0.15) is 0 Å². The second-order valence-corrected chi connectivity index (χ2v) is 4.88. The lowest BCUT2D eigenvalue weighted by Gasteiger charge is -2.09. The molecule has 104 valence electrons. The molecular formula is C18H16N2O. The maximum Gasteiger partial charge on any atom is 0.255 e. The van der Waals surface area contributed by atoms with Crippen molar-refractivity contribution in [3.63, 3.8) is 0 Å². The van der Waals surface area contributed by atoms with Crippen LogP contribution in [0.15, 0.2) is 66.7 Å². The number of nitrogens with one attached hydrogen (secondary N) is 1. The molecule has 0 aliphatic heterocycles. The summed E-state index contributed by atoms with van der Waals surface area (Å²) in [6, 6.07) is 21.3. The third kappa shape index (κ3) is 2.78. The van der Waals surface area contributed by atoms with Crippen LogP contribution >= 0.6 is 0 Å². The van der Waals surface area contributed by atoms with E-state index in [1.54, 1.807) is 6.07 Å². The second-order valence-electron chi connectivity index (χ2n) is 4.88. The number of anilines is 1. The van der Waals surface area contributed by atoms with Crippen LogP contribution in [0.1, 0.15) is 15.9 Å². The summed E-state index contributed by atoms with van der Waals surface area (Å²) in [5.74, 6) is -0.133. The number of hydrogen-bond acceptors (Lipinski definition) is 2. The van der Waals surface area contributed by atoms with Crippen molar-refractivity contribution in [1.29, 1.82) is 0 Å². The summed E-state index contributed by atoms with van der Waals surface area (Å²) in [6.45, 7) is 0.349. The molecule has 21 heavy (non-hydrogen) atoms. The average molecular weight is 276 g/mol. The van der Waals surface area contributed by atoms with E-state index in [-0.39, 0.29) is 5.91 Å². The lowest BCUT2D eigenvalue weighted by atomic mass is 10.1. The average Bonchev–Trinajstić information content (AvgIpc) is 2.54. The Morgan fingerprint density at radius 1 is 0.905 bits per heavy atom. The Bertz CT molecular complexity index is 796. The SMILES string of the molecule is NCc1ccccc1C(=O)Nc1ccc2ccccc2c1. The molecule has 0 atom stereocenters. The summed E-state index contributed by atoms with van der Waals surface area (Å²) in [6.07, 6.45) is 0. The first-order valence-corrected chi connectivity index (χ1v) is 6.86. The van der Waals surface area contributed by atoms with Crippen molar-refractivity contribution in [3.8, 4) is 0 Å². The Hall–Kier alpha value is -2.65. The molecule has 1 amide bonds. The fourth-order valence-corrected chi connectivity index (χ4v) is 2.39. The van der Waals surface area contributed by atoms with E-state index in [0.717, 1.165) is 22.0 Å². The fourth-order valence-electron chi connectivity index (χ4n) is 2.39. The standard InChI is InChI=1S/C18H16N2O/c19-12-15-7-3-4-8-17(15)18(21)20-16-10-9-13-5-1-2-6-14(13)11-16/h1-11H,12,19H2,(H,20,21). The molecule has 0 aliphatic rings. The zero-order valence-corrected chi connectivity index (χ0v) is 11.5. The minimum atomic E-state index is -0.133. The van der Waals surface area contributed by atoms with Crippen molar-refractivity contribution < 1.29 is 4.79 Å². The Morgan fingerprint density at radius 2 is 1.62 bits per heavy atom. The zero-order chi connectivity index (χ0) is 14.7. The first-order chi connectivity index (χ1) is 10.3. The van der Waals surface area contributed by atoms with E-state index in [2.05, 4.69) is 5.32 Å². The van der Waals surface area contributed by atoms with E-state index < -0.39 is 0 Å². The molecule has 0 fully saturated rings. The lowest BCUT2D eigenvalue weighted by Crippen LogP contribution is -2.15. The van der Waals surface area contributed by atoms with Gasteiger partial charge < -0.3 is 11.1 Å². The maximum atomic E-state index is 12.4. The van der Waals surface area contributed by atoms with Gasteiger partial charge in [-0.3, -0.25) is 4.79 Å². The van der Waals surface area contributed by atoms with Crippen LogP contribution in [0.3, 0.4) is 0 Å². The van der Waals surface area contributed by atoms with Crippen molar-refractivity contribution in [2.24, 2.45) is 5.73 Å². The predicted octanol–water partition coefficient (Wildman–Crippen LogP) is 3.55. The Labute approximate surface area is 123 Å². The second kappa shape index (κ2) is 5.77. The number of carbonyl (C=O) groups excluding carboxylic acids is 1. The highest BCUT2D eigenvalue weighted by Gasteiger charge is 2.10. The molecule has 0 heterocycles. The number of benzene rings is 3. The van der Waals surface area contributed by atoms with Gasteiger partial charge in [0, 0.05) is 17.8 Å². The third-order valence-corrected chi connectivity index (χ3v) is 3.49. The molecule has 0 unspecified atom stereocenters. The number of nitrogens with two attached hydrogens (primary N) is 1. The van der Waals surface area contributed by atoms with Gasteiger partial charge in [0.05, 0.1) is 0 Å².